The van der Waals surface area contributed by atoms with Crippen molar-refractivity contribution in [3.05, 3.63) is 78.4 Å². The van der Waals surface area contributed by atoms with Crippen LogP contribution in [0, 0.1) is 0 Å². The summed E-state index contributed by atoms with van der Waals surface area (Å²) in [4.78, 5) is 29.7. The van der Waals surface area contributed by atoms with Crippen LogP contribution in [0.2, 0.25) is 0 Å². The van der Waals surface area contributed by atoms with E-state index in [0.717, 1.165) is 6.07 Å². The number of rotatable bonds is 6. The second kappa shape index (κ2) is 8.03. The number of amides is 1. The largest absolute Gasteiger partial charge is 0.465 e. The molecule has 2 aromatic carbocycles. The predicted octanol–water partition coefficient (Wildman–Crippen LogP) is 1.28. The summed E-state index contributed by atoms with van der Waals surface area (Å²) < 4.78 is 30.9. The zero-order valence-corrected chi connectivity index (χ0v) is 15.5. The molecular weight excluding hydrogens is 384 g/mol. The third kappa shape index (κ3) is 4.08. The van der Waals surface area contributed by atoms with Gasteiger partial charge in [-0.05, 0) is 30.3 Å². The standard InChI is InChI=1S/C18H16N4O5S/c1-27-18(24)13-6-5-9-15(10-13)28(25,26)21-20-17(23)16-11-19-12-22(16)14-7-3-2-4-8-14/h2-12,21H,1H3,(H,20,23). The molecule has 28 heavy (non-hydrogen) atoms. The molecule has 0 unspecified atom stereocenters. The van der Waals surface area contributed by atoms with Crippen molar-refractivity contribution in [2.75, 3.05) is 7.11 Å². The Balaban J connectivity index is 1.77. The van der Waals surface area contributed by atoms with E-state index in [1.165, 1.54) is 42.4 Å². The molecule has 1 amide bonds. The molecule has 2 N–H and O–H groups in total. The summed E-state index contributed by atoms with van der Waals surface area (Å²) >= 11 is 0. The lowest BCUT2D eigenvalue weighted by molar-refractivity contribution is 0.0600. The molecule has 0 saturated heterocycles. The molecule has 0 radical (unpaired) electrons. The molecule has 3 rings (SSSR count). The number of para-hydroxylation sites is 1. The normalized spacial score (nSPS) is 11.0. The van der Waals surface area contributed by atoms with E-state index in [-0.39, 0.29) is 16.2 Å². The number of esters is 1. The average molecular weight is 400 g/mol. The van der Waals surface area contributed by atoms with E-state index in [0.29, 0.717) is 5.69 Å². The van der Waals surface area contributed by atoms with Crippen LogP contribution < -0.4 is 10.3 Å². The molecule has 0 aliphatic carbocycles. The number of carbonyl (C=O) groups excluding carboxylic acids is 2. The summed E-state index contributed by atoms with van der Waals surface area (Å²) in [5.41, 5.74) is 3.04. The fourth-order valence-electron chi connectivity index (χ4n) is 2.40. The van der Waals surface area contributed by atoms with E-state index in [9.17, 15) is 18.0 Å². The average Bonchev–Trinajstić information content (AvgIpc) is 3.22. The van der Waals surface area contributed by atoms with Crippen molar-refractivity contribution < 1.29 is 22.7 Å². The first kappa shape index (κ1) is 19.3. The van der Waals surface area contributed by atoms with Crippen molar-refractivity contribution in [1.29, 1.82) is 0 Å². The van der Waals surface area contributed by atoms with Gasteiger partial charge in [-0.2, -0.15) is 0 Å². The number of nitrogens with zero attached hydrogens (tertiary/aromatic N) is 2. The molecule has 0 fully saturated rings. The maximum absolute atomic E-state index is 12.4. The van der Waals surface area contributed by atoms with E-state index in [1.54, 1.807) is 24.3 Å². The molecule has 1 heterocycles. The topological polar surface area (TPSA) is 119 Å². The van der Waals surface area contributed by atoms with Gasteiger partial charge in [0.25, 0.3) is 15.9 Å². The van der Waals surface area contributed by atoms with Gasteiger partial charge in [-0.1, -0.05) is 24.3 Å². The Morgan fingerprint density at radius 2 is 1.82 bits per heavy atom. The van der Waals surface area contributed by atoms with Crippen LogP contribution in [-0.2, 0) is 14.8 Å². The summed E-state index contributed by atoms with van der Waals surface area (Å²) in [6.07, 6.45) is 2.76. The lowest BCUT2D eigenvalue weighted by Crippen LogP contribution is -2.42. The van der Waals surface area contributed by atoms with Crippen molar-refractivity contribution in [2.45, 2.75) is 4.90 Å². The lowest BCUT2D eigenvalue weighted by atomic mass is 10.2. The van der Waals surface area contributed by atoms with Crippen LogP contribution in [0.4, 0.5) is 0 Å². The Bertz CT molecular complexity index is 1110. The Labute approximate surface area is 161 Å². The van der Waals surface area contributed by atoms with Gasteiger partial charge in [0.05, 0.1) is 30.1 Å². The molecule has 0 saturated carbocycles. The maximum Gasteiger partial charge on any atom is 0.337 e. The van der Waals surface area contributed by atoms with E-state index in [2.05, 4.69) is 15.1 Å². The first-order valence-electron chi connectivity index (χ1n) is 8.00. The number of sulfonamides is 1. The zero-order valence-electron chi connectivity index (χ0n) is 14.7. The maximum atomic E-state index is 12.4. The van der Waals surface area contributed by atoms with E-state index in [1.807, 2.05) is 10.9 Å². The van der Waals surface area contributed by atoms with Crippen LogP contribution in [0.5, 0.6) is 0 Å². The van der Waals surface area contributed by atoms with Crippen molar-refractivity contribution in [3.63, 3.8) is 0 Å². The highest BCUT2D eigenvalue weighted by molar-refractivity contribution is 7.89. The molecule has 144 valence electrons. The number of ether oxygens (including phenoxy) is 1. The molecule has 0 bridgehead atoms. The zero-order chi connectivity index (χ0) is 20.1. The second-order valence-corrected chi connectivity index (χ2v) is 7.25. The number of methoxy groups -OCH3 is 1. The van der Waals surface area contributed by atoms with Crippen molar-refractivity contribution in [2.24, 2.45) is 0 Å². The van der Waals surface area contributed by atoms with Gasteiger partial charge in [0.1, 0.15) is 5.69 Å². The first-order chi connectivity index (χ1) is 13.4. The van der Waals surface area contributed by atoms with E-state index in [4.69, 9.17) is 0 Å². The Hall–Kier alpha value is -3.50. The molecule has 0 atom stereocenters. The van der Waals surface area contributed by atoms with Gasteiger partial charge < -0.3 is 4.74 Å². The third-order valence-corrected chi connectivity index (χ3v) is 5.02. The summed E-state index contributed by atoms with van der Waals surface area (Å²) in [5, 5.41) is 0. The SMILES string of the molecule is COC(=O)c1cccc(S(=O)(=O)NNC(=O)c2cncn2-c2ccccc2)c1. The second-order valence-electron chi connectivity index (χ2n) is 5.56. The minimum absolute atomic E-state index is 0.0684. The van der Waals surface area contributed by atoms with Gasteiger partial charge in [-0.15, -0.1) is 4.83 Å². The van der Waals surface area contributed by atoms with Gasteiger partial charge in [0.2, 0.25) is 0 Å². The molecule has 0 aliphatic heterocycles. The summed E-state index contributed by atoms with van der Waals surface area (Å²) in [6.45, 7) is 0. The summed E-state index contributed by atoms with van der Waals surface area (Å²) in [5.74, 6) is -1.37. The number of carbonyl (C=O) groups is 2. The Morgan fingerprint density at radius 1 is 1.07 bits per heavy atom. The highest BCUT2D eigenvalue weighted by Crippen LogP contribution is 2.13. The number of nitrogens with one attached hydrogen (secondary N) is 2. The smallest absolute Gasteiger partial charge is 0.337 e. The van der Waals surface area contributed by atoms with Gasteiger partial charge in [-0.25, -0.2) is 18.2 Å². The minimum Gasteiger partial charge on any atom is -0.465 e. The number of hydrazine groups is 1. The Morgan fingerprint density at radius 3 is 2.54 bits per heavy atom. The minimum atomic E-state index is -4.11. The van der Waals surface area contributed by atoms with Crippen LogP contribution in [-0.4, -0.2) is 37.0 Å². The number of benzene rings is 2. The van der Waals surface area contributed by atoms with Crippen LogP contribution in [0.15, 0.2) is 72.0 Å². The molecule has 1 aromatic heterocycles. The monoisotopic (exact) mass is 400 g/mol. The quantitative estimate of drug-likeness (QED) is 0.475. The summed E-state index contributed by atoms with van der Waals surface area (Å²) in [7, 11) is -2.92. The molecular formula is C18H16N4O5S. The van der Waals surface area contributed by atoms with Crippen molar-refractivity contribution >= 4 is 21.9 Å². The van der Waals surface area contributed by atoms with Crippen molar-refractivity contribution in [3.8, 4) is 5.69 Å². The van der Waals surface area contributed by atoms with Crippen LogP contribution >= 0.6 is 0 Å². The summed E-state index contributed by atoms with van der Waals surface area (Å²) in [6, 6.07) is 14.2. The van der Waals surface area contributed by atoms with Gasteiger partial charge in [-0.3, -0.25) is 14.8 Å². The first-order valence-corrected chi connectivity index (χ1v) is 9.49. The molecule has 3 aromatic rings. The molecule has 9 nitrogen and oxygen atoms in total. The number of hydrogen-bond donors (Lipinski definition) is 2. The fourth-order valence-corrected chi connectivity index (χ4v) is 3.29. The number of hydrogen-bond acceptors (Lipinski definition) is 6. The van der Waals surface area contributed by atoms with Crippen LogP contribution in [0.1, 0.15) is 20.8 Å². The van der Waals surface area contributed by atoms with Gasteiger partial charge in [0.15, 0.2) is 0 Å². The predicted molar refractivity (Wildman–Crippen MR) is 99.1 cm³/mol. The lowest BCUT2D eigenvalue weighted by Gasteiger charge is -2.11. The number of aromatic nitrogens is 2. The van der Waals surface area contributed by atoms with E-state index >= 15 is 0 Å². The van der Waals surface area contributed by atoms with Crippen LogP contribution in [0.25, 0.3) is 5.69 Å². The molecule has 0 spiro atoms. The highest BCUT2D eigenvalue weighted by atomic mass is 32.2. The van der Waals surface area contributed by atoms with Crippen molar-refractivity contribution in [1.82, 2.24) is 19.8 Å². The Kier molecular flexibility index (Phi) is 5.52. The van der Waals surface area contributed by atoms with Gasteiger partial charge >= 0.3 is 5.97 Å². The van der Waals surface area contributed by atoms with E-state index < -0.39 is 21.9 Å². The van der Waals surface area contributed by atoms with Gasteiger partial charge in [0, 0.05) is 5.69 Å². The number of imidazole rings is 1. The van der Waals surface area contributed by atoms with Crippen LogP contribution in [0.3, 0.4) is 0 Å². The fraction of sp³-hybridized carbons (Fsp3) is 0.0556. The molecule has 10 heteroatoms. The highest BCUT2D eigenvalue weighted by Gasteiger charge is 2.19. The molecule has 0 aliphatic rings. The third-order valence-electron chi connectivity index (χ3n) is 3.77.